The average molecular weight is 426 g/mol. The summed E-state index contributed by atoms with van der Waals surface area (Å²) >= 11 is 0. The summed E-state index contributed by atoms with van der Waals surface area (Å²) in [5.74, 6) is 1.46. The van der Waals surface area contributed by atoms with Gasteiger partial charge in [0.1, 0.15) is 6.61 Å². The fourth-order valence-electron chi connectivity index (χ4n) is 3.65. The van der Waals surface area contributed by atoms with Crippen LogP contribution in [0.2, 0.25) is 0 Å². The molecule has 31 heavy (non-hydrogen) atoms. The number of aliphatic imine (C=N–C) groups is 1. The molecule has 0 amide bonds. The van der Waals surface area contributed by atoms with Gasteiger partial charge in [-0.05, 0) is 31.4 Å². The van der Waals surface area contributed by atoms with Gasteiger partial charge in [-0.3, -0.25) is 4.90 Å². The van der Waals surface area contributed by atoms with Crippen LogP contribution in [-0.4, -0.2) is 61.8 Å². The molecule has 7 heteroatoms. The quantitative estimate of drug-likeness (QED) is 0.347. The molecule has 0 atom stereocenters. The Balaban J connectivity index is 1.51. The number of nitrogens with one attached hydrogen (secondary N) is 2. The lowest BCUT2D eigenvalue weighted by atomic mass is 10.0. The van der Waals surface area contributed by atoms with Crippen LogP contribution in [0.1, 0.15) is 30.9 Å². The van der Waals surface area contributed by atoms with Gasteiger partial charge in [-0.15, -0.1) is 0 Å². The maximum absolute atomic E-state index is 5.73. The molecule has 1 aromatic carbocycles. The predicted molar refractivity (Wildman–Crippen MR) is 124 cm³/mol. The van der Waals surface area contributed by atoms with Crippen molar-refractivity contribution in [1.29, 1.82) is 0 Å². The molecule has 2 heterocycles. The fraction of sp³-hybridized carbons (Fsp3) is 0.500. The van der Waals surface area contributed by atoms with E-state index in [2.05, 4.69) is 57.8 Å². The van der Waals surface area contributed by atoms with Crippen molar-refractivity contribution < 1.29 is 9.47 Å². The normalized spacial score (nSPS) is 15.6. The standard InChI is InChI=1S/C24H35N5O2/c1-3-25-24(27-18-21-10-7-13-26-23(21)31-17-16-30-2)28-22-11-14-29(15-12-22)19-20-8-5-4-6-9-20/h4-10,13,22H,3,11-12,14-19H2,1-2H3,(H2,25,27,28). The van der Waals surface area contributed by atoms with Crippen LogP contribution in [0.3, 0.4) is 0 Å². The Morgan fingerprint density at radius 2 is 1.94 bits per heavy atom. The van der Waals surface area contributed by atoms with E-state index in [1.165, 1.54) is 5.56 Å². The number of pyridine rings is 1. The van der Waals surface area contributed by atoms with Crippen molar-refractivity contribution in [3.63, 3.8) is 0 Å². The molecule has 0 unspecified atom stereocenters. The maximum atomic E-state index is 5.73. The molecule has 1 fully saturated rings. The van der Waals surface area contributed by atoms with Crippen molar-refractivity contribution in [2.45, 2.75) is 38.9 Å². The highest BCUT2D eigenvalue weighted by Gasteiger charge is 2.20. The number of guanidine groups is 1. The summed E-state index contributed by atoms with van der Waals surface area (Å²) in [7, 11) is 1.66. The Labute approximate surface area is 185 Å². The van der Waals surface area contributed by atoms with Crippen molar-refractivity contribution in [1.82, 2.24) is 20.5 Å². The van der Waals surface area contributed by atoms with Crippen LogP contribution in [0.4, 0.5) is 0 Å². The second kappa shape index (κ2) is 12.9. The molecule has 1 aliphatic rings. The monoisotopic (exact) mass is 425 g/mol. The van der Waals surface area contributed by atoms with Gasteiger partial charge >= 0.3 is 0 Å². The fourth-order valence-corrected chi connectivity index (χ4v) is 3.65. The zero-order valence-electron chi connectivity index (χ0n) is 18.7. The van der Waals surface area contributed by atoms with E-state index < -0.39 is 0 Å². The topological polar surface area (TPSA) is 71.0 Å². The lowest BCUT2D eigenvalue weighted by molar-refractivity contribution is 0.143. The van der Waals surface area contributed by atoms with E-state index in [4.69, 9.17) is 14.5 Å². The lowest BCUT2D eigenvalue weighted by Gasteiger charge is -2.33. The van der Waals surface area contributed by atoms with E-state index in [1.54, 1.807) is 13.3 Å². The van der Waals surface area contributed by atoms with E-state index in [0.29, 0.717) is 31.7 Å². The van der Waals surface area contributed by atoms with Crippen molar-refractivity contribution >= 4 is 5.96 Å². The van der Waals surface area contributed by atoms with Crippen LogP contribution >= 0.6 is 0 Å². The molecule has 1 aromatic heterocycles. The minimum atomic E-state index is 0.427. The number of aromatic nitrogens is 1. The summed E-state index contributed by atoms with van der Waals surface area (Å²) in [4.78, 5) is 11.6. The van der Waals surface area contributed by atoms with Gasteiger partial charge in [0.2, 0.25) is 5.88 Å². The van der Waals surface area contributed by atoms with E-state index >= 15 is 0 Å². The first-order chi connectivity index (χ1) is 15.3. The van der Waals surface area contributed by atoms with Crippen LogP contribution in [0.15, 0.2) is 53.7 Å². The minimum Gasteiger partial charge on any atom is -0.475 e. The largest absolute Gasteiger partial charge is 0.475 e. The van der Waals surface area contributed by atoms with E-state index in [1.807, 2.05) is 12.1 Å². The number of nitrogens with zero attached hydrogens (tertiary/aromatic N) is 3. The van der Waals surface area contributed by atoms with Crippen molar-refractivity contribution in [2.24, 2.45) is 4.99 Å². The second-order valence-corrected chi connectivity index (χ2v) is 7.68. The molecule has 0 saturated carbocycles. The average Bonchev–Trinajstić information content (AvgIpc) is 2.80. The summed E-state index contributed by atoms with van der Waals surface area (Å²) in [6, 6.07) is 15.0. The molecule has 2 N–H and O–H groups in total. The Morgan fingerprint density at radius 3 is 2.68 bits per heavy atom. The van der Waals surface area contributed by atoms with Gasteiger partial charge in [0.05, 0.1) is 13.2 Å². The number of methoxy groups -OCH3 is 1. The van der Waals surface area contributed by atoms with Gasteiger partial charge in [-0.25, -0.2) is 9.98 Å². The third-order valence-electron chi connectivity index (χ3n) is 5.31. The molecule has 1 saturated heterocycles. The lowest BCUT2D eigenvalue weighted by Crippen LogP contribution is -2.48. The molecule has 0 bridgehead atoms. The third kappa shape index (κ3) is 7.84. The highest BCUT2D eigenvalue weighted by Crippen LogP contribution is 2.16. The van der Waals surface area contributed by atoms with Gasteiger partial charge in [0.15, 0.2) is 5.96 Å². The van der Waals surface area contributed by atoms with Crippen LogP contribution in [-0.2, 0) is 17.8 Å². The molecule has 0 radical (unpaired) electrons. The van der Waals surface area contributed by atoms with E-state index in [-0.39, 0.29) is 0 Å². The Hall–Kier alpha value is -2.64. The first-order valence-corrected chi connectivity index (χ1v) is 11.1. The van der Waals surface area contributed by atoms with Crippen LogP contribution < -0.4 is 15.4 Å². The molecule has 168 valence electrons. The maximum Gasteiger partial charge on any atom is 0.218 e. The molecule has 0 aliphatic carbocycles. The number of hydrogen-bond acceptors (Lipinski definition) is 5. The smallest absolute Gasteiger partial charge is 0.218 e. The Morgan fingerprint density at radius 1 is 1.13 bits per heavy atom. The molecule has 2 aromatic rings. The molecular weight excluding hydrogens is 390 g/mol. The number of piperidine rings is 1. The summed E-state index contributed by atoms with van der Waals surface area (Å²) in [5.41, 5.74) is 2.34. The number of ether oxygens (including phenoxy) is 2. The zero-order valence-corrected chi connectivity index (χ0v) is 18.7. The van der Waals surface area contributed by atoms with Crippen LogP contribution in [0.5, 0.6) is 5.88 Å². The van der Waals surface area contributed by atoms with Gasteiger partial charge < -0.3 is 20.1 Å². The van der Waals surface area contributed by atoms with Gasteiger partial charge in [-0.2, -0.15) is 0 Å². The van der Waals surface area contributed by atoms with Gasteiger partial charge in [0.25, 0.3) is 0 Å². The predicted octanol–water partition coefficient (Wildman–Crippen LogP) is 2.83. The van der Waals surface area contributed by atoms with E-state index in [9.17, 15) is 0 Å². The third-order valence-corrected chi connectivity index (χ3v) is 5.31. The number of rotatable bonds is 10. The number of likely N-dealkylation sites (tertiary alicyclic amines) is 1. The minimum absolute atomic E-state index is 0.427. The summed E-state index contributed by atoms with van der Waals surface area (Å²) in [6.45, 7) is 7.63. The molecule has 3 rings (SSSR count). The highest BCUT2D eigenvalue weighted by molar-refractivity contribution is 5.80. The second-order valence-electron chi connectivity index (χ2n) is 7.68. The number of hydrogen-bond donors (Lipinski definition) is 2. The van der Waals surface area contributed by atoms with Crippen molar-refractivity contribution in [3.05, 3.63) is 59.8 Å². The first kappa shape index (κ1) is 23.0. The van der Waals surface area contributed by atoms with Gasteiger partial charge in [-0.1, -0.05) is 36.4 Å². The van der Waals surface area contributed by atoms with Crippen molar-refractivity contribution in [3.8, 4) is 5.88 Å². The highest BCUT2D eigenvalue weighted by atomic mass is 16.5. The van der Waals surface area contributed by atoms with Crippen LogP contribution in [0, 0.1) is 0 Å². The number of benzene rings is 1. The summed E-state index contributed by atoms with van der Waals surface area (Å²) < 4.78 is 10.8. The SMILES string of the molecule is CCNC(=NCc1cccnc1OCCOC)NC1CCN(Cc2ccccc2)CC1. The molecule has 1 aliphatic heterocycles. The van der Waals surface area contributed by atoms with E-state index in [0.717, 1.165) is 50.5 Å². The molecule has 7 nitrogen and oxygen atoms in total. The summed E-state index contributed by atoms with van der Waals surface area (Å²) in [6.07, 6.45) is 3.95. The van der Waals surface area contributed by atoms with Crippen LogP contribution in [0.25, 0.3) is 0 Å². The first-order valence-electron chi connectivity index (χ1n) is 11.1. The molecular formula is C24H35N5O2. The Bertz CT molecular complexity index is 792. The summed E-state index contributed by atoms with van der Waals surface area (Å²) in [5, 5.41) is 6.98. The molecule has 0 spiro atoms. The zero-order chi connectivity index (χ0) is 21.7. The van der Waals surface area contributed by atoms with Gasteiger partial charge in [0, 0.05) is 51.1 Å². The van der Waals surface area contributed by atoms with Crippen molar-refractivity contribution in [2.75, 3.05) is 40.0 Å². The Kier molecular flexibility index (Phi) is 9.60.